The van der Waals surface area contributed by atoms with E-state index in [0.29, 0.717) is 28.8 Å². The topological polar surface area (TPSA) is 112 Å². The van der Waals surface area contributed by atoms with Gasteiger partial charge in [0.1, 0.15) is 0 Å². The Balaban J connectivity index is 1.81. The van der Waals surface area contributed by atoms with Gasteiger partial charge >= 0.3 is 5.97 Å². The fourth-order valence-electron chi connectivity index (χ4n) is 2.32. The minimum atomic E-state index is -0.358. The van der Waals surface area contributed by atoms with E-state index in [0.717, 1.165) is 32.1 Å². The van der Waals surface area contributed by atoms with E-state index in [1.165, 1.54) is 16.4 Å². The molecule has 0 spiro atoms. The summed E-state index contributed by atoms with van der Waals surface area (Å²) < 4.78 is 6.60. The van der Waals surface area contributed by atoms with Gasteiger partial charge in [-0.3, -0.25) is 4.79 Å². The van der Waals surface area contributed by atoms with Crippen LogP contribution < -0.4 is 11.2 Å². The fourth-order valence-corrected chi connectivity index (χ4v) is 3.00. The lowest BCUT2D eigenvalue weighted by molar-refractivity contribution is -0.113. The molecule has 152 valence electrons. The number of nitrogen functional groups attached to an aromatic ring is 1. The highest BCUT2D eigenvalue weighted by atomic mass is 32.2. The van der Waals surface area contributed by atoms with E-state index in [-0.39, 0.29) is 17.6 Å². The molecule has 0 atom stereocenters. The zero-order valence-corrected chi connectivity index (χ0v) is 17.1. The van der Waals surface area contributed by atoms with Crippen LogP contribution in [0.15, 0.2) is 29.4 Å². The van der Waals surface area contributed by atoms with E-state index in [4.69, 9.17) is 10.6 Å². The van der Waals surface area contributed by atoms with E-state index in [9.17, 15) is 9.59 Å². The number of hydrogen-bond donors (Lipinski definition) is 2. The van der Waals surface area contributed by atoms with Gasteiger partial charge in [0.15, 0.2) is 5.82 Å². The van der Waals surface area contributed by atoms with Crippen LogP contribution in [0.2, 0.25) is 0 Å². The minimum Gasteiger partial charge on any atom is -0.462 e. The minimum absolute atomic E-state index is 0.157. The summed E-state index contributed by atoms with van der Waals surface area (Å²) >= 11 is 1.23. The Morgan fingerprint density at radius 2 is 1.86 bits per heavy atom. The number of ether oxygens (including phenoxy) is 1. The Morgan fingerprint density at radius 1 is 1.14 bits per heavy atom. The average Bonchev–Trinajstić information content (AvgIpc) is 3.05. The SMILES string of the molecule is CCCCOC(=O)c1ccc(NC(=O)CSc2nnc(CCCC)n2N)cc1. The summed E-state index contributed by atoms with van der Waals surface area (Å²) in [6.07, 6.45) is 4.61. The van der Waals surface area contributed by atoms with Crippen LogP contribution in [0.25, 0.3) is 0 Å². The van der Waals surface area contributed by atoms with Crippen molar-refractivity contribution in [2.75, 3.05) is 23.5 Å². The Kier molecular flexibility index (Phi) is 8.80. The summed E-state index contributed by atoms with van der Waals surface area (Å²) in [7, 11) is 0. The number of nitrogens with one attached hydrogen (secondary N) is 1. The first-order chi connectivity index (χ1) is 13.5. The van der Waals surface area contributed by atoms with Gasteiger partial charge in [0.25, 0.3) is 0 Å². The third kappa shape index (κ3) is 6.56. The molecule has 0 radical (unpaired) electrons. The molecular weight excluding hydrogens is 378 g/mol. The summed E-state index contributed by atoms with van der Waals surface area (Å²) in [6.45, 7) is 4.54. The lowest BCUT2D eigenvalue weighted by Crippen LogP contribution is -2.17. The van der Waals surface area contributed by atoms with E-state index < -0.39 is 0 Å². The van der Waals surface area contributed by atoms with Gasteiger partial charge < -0.3 is 15.9 Å². The molecule has 0 bridgehead atoms. The number of esters is 1. The maximum atomic E-state index is 12.1. The molecule has 28 heavy (non-hydrogen) atoms. The van der Waals surface area contributed by atoms with Gasteiger partial charge in [-0.2, -0.15) is 0 Å². The van der Waals surface area contributed by atoms with Gasteiger partial charge in [0.05, 0.1) is 17.9 Å². The zero-order valence-electron chi connectivity index (χ0n) is 16.3. The van der Waals surface area contributed by atoms with Gasteiger partial charge in [-0.15, -0.1) is 10.2 Å². The van der Waals surface area contributed by atoms with E-state index in [2.05, 4.69) is 22.4 Å². The van der Waals surface area contributed by atoms with E-state index in [1.807, 2.05) is 6.92 Å². The van der Waals surface area contributed by atoms with Crippen molar-refractivity contribution in [3.05, 3.63) is 35.7 Å². The van der Waals surface area contributed by atoms with Gasteiger partial charge in [0.2, 0.25) is 11.1 Å². The van der Waals surface area contributed by atoms with Crippen LogP contribution in [-0.4, -0.2) is 39.1 Å². The van der Waals surface area contributed by atoms with Crippen LogP contribution >= 0.6 is 11.8 Å². The lowest BCUT2D eigenvalue weighted by atomic mass is 10.2. The Labute approximate surface area is 169 Å². The largest absolute Gasteiger partial charge is 0.462 e. The normalized spacial score (nSPS) is 10.6. The molecule has 0 aliphatic carbocycles. The molecule has 1 amide bonds. The average molecular weight is 406 g/mol. The number of carbonyl (C=O) groups excluding carboxylic acids is 2. The highest BCUT2D eigenvalue weighted by Crippen LogP contribution is 2.17. The smallest absolute Gasteiger partial charge is 0.338 e. The van der Waals surface area contributed by atoms with Crippen molar-refractivity contribution >= 4 is 29.3 Å². The van der Waals surface area contributed by atoms with E-state index in [1.54, 1.807) is 24.3 Å². The summed E-state index contributed by atoms with van der Waals surface area (Å²) in [4.78, 5) is 24.0. The number of unbranched alkanes of at least 4 members (excludes halogenated alkanes) is 2. The summed E-state index contributed by atoms with van der Waals surface area (Å²) in [5.41, 5.74) is 1.06. The van der Waals surface area contributed by atoms with Crippen LogP contribution in [0.1, 0.15) is 55.7 Å². The second-order valence-corrected chi connectivity index (χ2v) is 7.22. The van der Waals surface area contributed by atoms with Crippen molar-refractivity contribution in [1.82, 2.24) is 14.9 Å². The molecule has 0 saturated carbocycles. The molecule has 1 aromatic heterocycles. The van der Waals surface area contributed by atoms with Crippen LogP contribution in [0.3, 0.4) is 0 Å². The number of carbonyl (C=O) groups is 2. The van der Waals surface area contributed by atoms with Crippen LogP contribution in [-0.2, 0) is 16.0 Å². The number of aromatic nitrogens is 3. The third-order valence-electron chi connectivity index (χ3n) is 3.96. The van der Waals surface area contributed by atoms with Crippen LogP contribution in [0.4, 0.5) is 5.69 Å². The van der Waals surface area contributed by atoms with Crippen molar-refractivity contribution < 1.29 is 14.3 Å². The highest BCUT2D eigenvalue weighted by Gasteiger charge is 2.12. The van der Waals surface area contributed by atoms with Crippen LogP contribution in [0, 0.1) is 0 Å². The van der Waals surface area contributed by atoms with Crippen molar-refractivity contribution in [1.29, 1.82) is 0 Å². The summed E-state index contributed by atoms with van der Waals surface area (Å²) in [6, 6.07) is 6.61. The third-order valence-corrected chi connectivity index (χ3v) is 4.90. The Bertz CT molecular complexity index is 776. The molecule has 2 rings (SSSR count). The number of anilines is 1. The summed E-state index contributed by atoms with van der Waals surface area (Å²) in [5.74, 6) is 6.29. The van der Waals surface area contributed by atoms with Crippen molar-refractivity contribution in [3.8, 4) is 0 Å². The maximum Gasteiger partial charge on any atom is 0.338 e. The number of hydrogen-bond acceptors (Lipinski definition) is 7. The molecule has 3 N–H and O–H groups in total. The molecule has 0 unspecified atom stereocenters. The number of amides is 1. The quantitative estimate of drug-likeness (QED) is 0.256. The molecule has 8 nitrogen and oxygen atoms in total. The number of benzene rings is 1. The predicted octanol–water partition coefficient (Wildman–Crippen LogP) is 3.02. The first-order valence-electron chi connectivity index (χ1n) is 9.44. The molecule has 2 aromatic rings. The van der Waals surface area contributed by atoms with Gasteiger partial charge in [-0.25, -0.2) is 9.47 Å². The molecule has 0 aliphatic rings. The van der Waals surface area contributed by atoms with E-state index >= 15 is 0 Å². The molecule has 0 fully saturated rings. The van der Waals surface area contributed by atoms with Crippen molar-refractivity contribution in [2.24, 2.45) is 0 Å². The molecule has 0 aliphatic heterocycles. The number of nitrogens with two attached hydrogens (primary N) is 1. The van der Waals surface area contributed by atoms with Crippen LogP contribution in [0.5, 0.6) is 0 Å². The number of rotatable bonds is 11. The number of aryl methyl sites for hydroxylation is 1. The van der Waals surface area contributed by atoms with Crippen molar-refractivity contribution in [3.63, 3.8) is 0 Å². The fraction of sp³-hybridized carbons (Fsp3) is 0.474. The molecule has 1 heterocycles. The molecular formula is C19H27N5O3S. The van der Waals surface area contributed by atoms with Crippen molar-refractivity contribution in [2.45, 2.75) is 51.1 Å². The summed E-state index contributed by atoms with van der Waals surface area (Å²) in [5, 5.41) is 11.4. The molecule has 1 aromatic carbocycles. The van der Waals surface area contributed by atoms with Gasteiger partial charge in [-0.1, -0.05) is 38.5 Å². The predicted molar refractivity (Wildman–Crippen MR) is 110 cm³/mol. The Hall–Kier alpha value is -2.55. The maximum absolute atomic E-state index is 12.1. The second kappa shape index (κ2) is 11.3. The lowest BCUT2D eigenvalue weighted by Gasteiger charge is -2.07. The number of nitrogens with zero attached hydrogens (tertiary/aromatic N) is 3. The zero-order chi connectivity index (χ0) is 20.4. The Morgan fingerprint density at radius 3 is 2.54 bits per heavy atom. The van der Waals surface area contributed by atoms with Gasteiger partial charge in [0, 0.05) is 12.1 Å². The molecule has 0 saturated heterocycles. The monoisotopic (exact) mass is 405 g/mol. The highest BCUT2D eigenvalue weighted by molar-refractivity contribution is 7.99. The first kappa shape index (κ1) is 21.7. The first-order valence-corrected chi connectivity index (χ1v) is 10.4. The standard InChI is InChI=1S/C19H27N5O3S/c1-3-5-7-16-22-23-19(24(16)20)28-13-17(25)21-15-10-8-14(9-11-15)18(26)27-12-6-4-2/h8-11H,3-7,12-13,20H2,1-2H3,(H,21,25). The van der Waals surface area contributed by atoms with Gasteiger partial charge in [-0.05, 0) is 37.1 Å². The second-order valence-electron chi connectivity index (χ2n) is 6.28. The molecule has 9 heteroatoms. The number of thioether (sulfide) groups is 1.